The van der Waals surface area contributed by atoms with Crippen molar-refractivity contribution in [2.75, 3.05) is 6.61 Å². The van der Waals surface area contributed by atoms with Crippen molar-refractivity contribution in [2.45, 2.75) is 39.2 Å². The highest BCUT2D eigenvalue weighted by Crippen LogP contribution is 2.29. The van der Waals surface area contributed by atoms with E-state index < -0.39 is 5.97 Å². The van der Waals surface area contributed by atoms with Crippen LogP contribution in [0.25, 0.3) is 0 Å². The number of halogens is 2. The van der Waals surface area contributed by atoms with Crippen molar-refractivity contribution in [1.82, 2.24) is 5.32 Å². The molecule has 0 aliphatic heterocycles. The summed E-state index contributed by atoms with van der Waals surface area (Å²) in [6.07, 6.45) is 3.29. The number of ether oxygens (including phenoxy) is 1. The average Bonchev–Trinajstić information content (AvgIpc) is 2.52. The van der Waals surface area contributed by atoms with Crippen molar-refractivity contribution >= 4 is 39.4 Å². The van der Waals surface area contributed by atoms with Crippen molar-refractivity contribution in [1.29, 1.82) is 0 Å². The molecule has 0 radical (unpaired) electrons. The van der Waals surface area contributed by atoms with Crippen LogP contribution in [-0.4, -0.2) is 24.5 Å². The number of amides is 1. The number of carbonyl (C=O) groups excluding carboxylic acids is 2. The highest BCUT2D eigenvalue weighted by Gasteiger charge is 2.28. The molecule has 1 amide bonds. The minimum atomic E-state index is -0.600. The molecule has 1 aromatic rings. The number of carbonyl (C=O) groups is 2. The molecule has 1 saturated carbocycles. The van der Waals surface area contributed by atoms with Gasteiger partial charge in [-0.3, -0.25) is 4.79 Å². The third-order valence-corrected chi connectivity index (χ3v) is 5.36. The van der Waals surface area contributed by atoms with Crippen LogP contribution in [0.3, 0.4) is 0 Å². The Labute approximate surface area is 150 Å². The molecule has 1 aliphatic rings. The van der Waals surface area contributed by atoms with Gasteiger partial charge in [0.05, 0.1) is 10.6 Å². The zero-order valence-electron chi connectivity index (χ0n) is 13.3. The van der Waals surface area contributed by atoms with E-state index in [1.54, 1.807) is 18.2 Å². The summed E-state index contributed by atoms with van der Waals surface area (Å²) in [5.74, 6) is 0.159. The summed E-state index contributed by atoms with van der Waals surface area (Å²) in [7, 11) is 0. The predicted molar refractivity (Wildman–Crippen MR) is 93.5 cm³/mol. The zero-order valence-corrected chi connectivity index (χ0v) is 15.6. The molecule has 2 rings (SSSR count). The van der Waals surface area contributed by atoms with E-state index in [0.29, 0.717) is 16.9 Å². The lowest BCUT2D eigenvalue weighted by atomic mass is 9.78. The Kier molecular flexibility index (Phi) is 6.48. The maximum Gasteiger partial charge on any atom is 0.340 e. The number of hydrogen-bond acceptors (Lipinski definition) is 3. The van der Waals surface area contributed by atoms with Gasteiger partial charge in [0, 0.05) is 10.5 Å². The van der Waals surface area contributed by atoms with Gasteiger partial charge in [0.25, 0.3) is 5.91 Å². The van der Waals surface area contributed by atoms with Gasteiger partial charge in [0.15, 0.2) is 6.61 Å². The predicted octanol–water partition coefficient (Wildman–Crippen LogP) is 4.20. The van der Waals surface area contributed by atoms with E-state index in [4.69, 9.17) is 16.3 Å². The lowest BCUT2D eigenvalue weighted by Crippen LogP contribution is -2.45. The Hall–Kier alpha value is -1.07. The van der Waals surface area contributed by atoms with Gasteiger partial charge in [-0.05, 0) is 36.5 Å². The third kappa shape index (κ3) is 4.95. The van der Waals surface area contributed by atoms with Crippen LogP contribution in [0.4, 0.5) is 0 Å². The fourth-order valence-electron chi connectivity index (χ4n) is 2.90. The SMILES string of the molecule is C[C@@H]1[C@@H](C)CCC[C@H]1NC(=O)COC(=O)c1cc(Br)ccc1Cl. The van der Waals surface area contributed by atoms with Crippen LogP contribution >= 0.6 is 27.5 Å². The average molecular weight is 403 g/mol. The number of rotatable bonds is 4. The van der Waals surface area contributed by atoms with Gasteiger partial charge < -0.3 is 10.1 Å². The maximum absolute atomic E-state index is 12.0. The monoisotopic (exact) mass is 401 g/mol. The molecule has 1 aromatic carbocycles. The summed E-state index contributed by atoms with van der Waals surface area (Å²) in [6.45, 7) is 4.07. The van der Waals surface area contributed by atoms with Gasteiger partial charge in [-0.2, -0.15) is 0 Å². The van der Waals surface area contributed by atoms with Crippen molar-refractivity contribution in [3.63, 3.8) is 0 Å². The van der Waals surface area contributed by atoms with Crippen LogP contribution in [0.5, 0.6) is 0 Å². The molecule has 1 aliphatic carbocycles. The maximum atomic E-state index is 12.0. The van der Waals surface area contributed by atoms with Crippen LogP contribution in [-0.2, 0) is 9.53 Å². The number of hydrogen-bond donors (Lipinski definition) is 1. The fraction of sp³-hybridized carbons (Fsp3) is 0.529. The van der Waals surface area contributed by atoms with Crippen LogP contribution in [0.15, 0.2) is 22.7 Å². The molecule has 3 atom stereocenters. The highest BCUT2D eigenvalue weighted by atomic mass is 79.9. The molecule has 0 saturated heterocycles. The van der Waals surface area contributed by atoms with Gasteiger partial charge >= 0.3 is 5.97 Å². The molecule has 126 valence electrons. The topological polar surface area (TPSA) is 55.4 Å². The zero-order chi connectivity index (χ0) is 17.0. The number of esters is 1. The summed E-state index contributed by atoms with van der Waals surface area (Å²) < 4.78 is 5.80. The largest absolute Gasteiger partial charge is 0.452 e. The minimum absolute atomic E-state index is 0.152. The molecule has 1 N–H and O–H groups in total. The minimum Gasteiger partial charge on any atom is -0.452 e. The van der Waals surface area contributed by atoms with E-state index >= 15 is 0 Å². The number of nitrogens with one attached hydrogen (secondary N) is 1. The normalized spacial score (nSPS) is 24.1. The van der Waals surface area contributed by atoms with Crippen molar-refractivity contribution < 1.29 is 14.3 Å². The first-order valence-corrected chi connectivity index (χ1v) is 8.97. The molecular weight excluding hydrogens is 382 g/mol. The van der Waals surface area contributed by atoms with E-state index in [-0.39, 0.29) is 24.1 Å². The van der Waals surface area contributed by atoms with E-state index in [9.17, 15) is 9.59 Å². The smallest absolute Gasteiger partial charge is 0.340 e. The van der Waals surface area contributed by atoms with Gasteiger partial charge in [0.2, 0.25) is 0 Å². The van der Waals surface area contributed by atoms with Gasteiger partial charge in [-0.1, -0.05) is 54.2 Å². The summed E-state index contributed by atoms with van der Waals surface area (Å²) in [4.78, 5) is 24.0. The lowest BCUT2D eigenvalue weighted by Gasteiger charge is -2.34. The van der Waals surface area contributed by atoms with E-state index in [0.717, 1.165) is 17.3 Å². The first-order chi connectivity index (χ1) is 10.9. The first kappa shape index (κ1) is 18.3. The van der Waals surface area contributed by atoms with Crippen LogP contribution in [0.2, 0.25) is 5.02 Å². The Balaban J connectivity index is 1.86. The van der Waals surface area contributed by atoms with Crippen LogP contribution in [0.1, 0.15) is 43.5 Å². The molecule has 6 heteroatoms. The quantitative estimate of drug-likeness (QED) is 0.768. The molecule has 0 spiro atoms. The second-order valence-corrected chi connectivity index (χ2v) is 7.46. The van der Waals surface area contributed by atoms with Crippen molar-refractivity contribution in [3.8, 4) is 0 Å². The lowest BCUT2D eigenvalue weighted by molar-refractivity contribution is -0.125. The molecule has 4 nitrogen and oxygen atoms in total. The molecule has 0 unspecified atom stereocenters. The van der Waals surface area contributed by atoms with E-state index in [2.05, 4.69) is 35.1 Å². The van der Waals surface area contributed by atoms with Crippen LogP contribution in [0, 0.1) is 11.8 Å². The molecule has 0 aromatic heterocycles. The molecule has 1 fully saturated rings. The molecule has 0 heterocycles. The summed E-state index contributed by atoms with van der Waals surface area (Å²) >= 11 is 9.25. The Morgan fingerprint density at radius 1 is 1.35 bits per heavy atom. The first-order valence-electron chi connectivity index (χ1n) is 7.80. The summed E-state index contributed by atoms with van der Waals surface area (Å²) in [5.41, 5.74) is 0.244. The van der Waals surface area contributed by atoms with E-state index in [1.807, 2.05) is 0 Å². The van der Waals surface area contributed by atoms with Crippen molar-refractivity contribution in [2.24, 2.45) is 11.8 Å². The van der Waals surface area contributed by atoms with Gasteiger partial charge in [-0.25, -0.2) is 4.79 Å². The molecule has 0 bridgehead atoms. The summed E-state index contributed by atoms with van der Waals surface area (Å²) in [6, 6.07) is 5.07. The van der Waals surface area contributed by atoms with E-state index in [1.165, 1.54) is 6.42 Å². The standard InChI is InChI=1S/C17H21BrClNO3/c1-10-4-3-5-15(11(10)2)20-16(21)9-23-17(22)13-8-12(18)6-7-14(13)19/h6-8,10-11,15H,3-5,9H2,1-2H3,(H,20,21)/t10-,11+,15+/m0/s1. The Morgan fingerprint density at radius 3 is 2.83 bits per heavy atom. The second kappa shape index (κ2) is 8.15. The van der Waals surface area contributed by atoms with Gasteiger partial charge in [-0.15, -0.1) is 0 Å². The Bertz CT molecular complexity index is 593. The molecular formula is C17H21BrClNO3. The van der Waals surface area contributed by atoms with Crippen LogP contribution < -0.4 is 5.32 Å². The number of benzene rings is 1. The third-order valence-electron chi connectivity index (χ3n) is 4.54. The second-order valence-electron chi connectivity index (χ2n) is 6.14. The Morgan fingerprint density at radius 2 is 2.09 bits per heavy atom. The summed E-state index contributed by atoms with van der Waals surface area (Å²) in [5, 5.41) is 3.27. The van der Waals surface area contributed by atoms with Crippen molar-refractivity contribution in [3.05, 3.63) is 33.3 Å². The molecule has 23 heavy (non-hydrogen) atoms. The van der Waals surface area contributed by atoms with Gasteiger partial charge in [0.1, 0.15) is 0 Å². The fourth-order valence-corrected chi connectivity index (χ4v) is 3.45. The highest BCUT2D eigenvalue weighted by molar-refractivity contribution is 9.10.